The Kier molecular flexibility index (Phi) is 2.73. The van der Waals surface area contributed by atoms with Crippen molar-refractivity contribution < 1.29 is 0 Å². The second kappa shape index (κ2) is 4.05. The van der Waals surface area contributed by atoms with E-state index in [2.05, 4.69) is 55.0 Å². The lowest BCUT2D eigenvalue weighted by atomic mass is 9.87. The van der Waals surface area contributed by atoms with Crippen molar-refractivity contribution in [1.82, 2.24) is 9.97 Å². The monoisotopic (exact) mass is 212 g/mol. The van der Waals surface area contributed by atoms with Gasteiger partial charge in [0.25, 0.3) is 0 Å². The summed E-state index contributed by atoms with van der Waals surface area (Å²) in [6, 6.07) is 10.3. The van der Waals surface area contributed by atoms with Crippen LogP contribution in [0.1, 0.15) is 26.3 Å². The quantitative estimate of drug-likeness (QED) is 0.723. The Hall–Kier alpha value is -1.70. The van der Waals surface area contributed by atoms with Crippen molar-refractivity contribution in [2.45, 2.75) is 26.2 Å². The number of hydrogen-bond acceptors (Lipinski definition) is 2. The lowest BCUT2D eigenvalue weighted by molar-refractivity contribution is 0.590. The fourth-order valence-corrected chi connectivity index (χ4v) is 1.57. The van der Waals surface area contributed by atoms with E-state index in [1.807, 2.05) is 6.07 Å². The molecule has 2 nitrogen and oxygen atoms in total. The van der Waals surface area contributed by atoms with Gasteiger partial charge in [0.05, 0.1) is 0 Å². The molecule has 0 saturated heterocycles. The third-order valence-electron chi connectivity index (χ3n) is 2.57. The van der Waals surface area contributed by atoms with E-state index in [1.165, 1.54) is 5.56 Å². The van der Waals surface area contributed by atoms with Crippen molar-refractivity contribution in [3.05, 3.63) is 48.3 Å². The van der Waals surface area contributed by atoms with Crippen LogP contribution in [-0.2, 0) is 5.41 Å². The van der Waals surface area contributed by atoms with E-state index in [0.717, 1.165) is 11.4 Å². The first-order valence-electron chi connectivity index (χ1n) is 5.45. The van der Waals surface area contributed by atoms with Crippen LogP contribution in [-0.4, -0.2) is 9.97 Å². The van der Waals surface area contributed by atoms with Gasteiger partial charge in [0.2, 0.25) is 0 Å². The first-order chi connectivity index (χ1) is 7.57. The zero-order chi connectivity index (χ0) is 11.6. The minimum Gasteiger partial charge on any atom is -0.237 e. The maximum Gasteiger partial charge on any atom is 0.159 e. The van der Waals surface area contributed by atoms with Crippen LogP contribution in [0, 0.1) is 0 Å². The minimum atomic E-state index is 0.191. The van der Waals surface area contributed by atoms with Gasteiger partial charge in [0.15, 0.2) is 5.82 Å². The highest BCUT2D eigenvalue weighted by Crippen LogP contribution is 2.24. The molecule has 0 spiro atoms. The Morgan fingerprint density at radius 3 is 1.94 bits per heavy atom. The van der Waals surface area contributed by atoms with Gasteiger partial charge in [-0.3, -0.25) is 0 Å². The first-order valence-corrected chi connectivity index (χ1v) is 5.45. The Morgan fingerprint density at radius 2 is 1.44 bits per heavy atom. The van der Waals surface area contributed by atoms with Crippen molar-refractivity contribution >= 4 is 0 Å². The van der Waals surface area contributed by atoms with Crippen molar-refractivity contribution in [2.24, 2.45) is 0 Å². The Balaban J connectivity index is 2.34. The van der Waals surface area contributed by atoms with Gasteiger partial charge in [0, 0.05) is 18.0 Å². The minimum absolute atomic E-state index is 0.191. The third-order valence-corrected chi connectivity index (χ3v) is 2.57. The SMILES string of the molecule is CC(C)(C)c1ccc(-c2ncccn2)cc1. The molecule has 1 aromatic carbocycles. The molecule has 0 unspecified atom stereocenters. The molecule has 2 rings (SSSR count). The van der Waals surface area contributed by atoms with Crippen LogP contribution < -0.4 is 0 Å². The predicted octanol–water partition coefficient (Wildman–Crippen LogP) is 3.44. The van der Waals surface area contributed by atoms with Crippen LogP contribution in [0.4, 0.5) is 0 Å². The molecule has 2 heteroatoms. The number of aromatic nitrogens is 2. The van der Waals surface area contributed by atoms with Gasteiger partial charge in [-0.15, -0.1) is 0 Å². The summed E-state index contributed by atoms with van der Waals surface area (Å²) >= 11 is 0. The standard InChI is InChI=1S/C14H16N2/c1-14(2,3)12-7-5-11(6-8-12)13-15-9-4-10-16-13/h4-10H,1-3H3. The third kappa shape index (κ3) is 2.27. The van der Waals surface area contributed by atoms with Crippen LogP contribution in [0.3, 0.4) is 0 Å². The summed E-state index contributed by atoms with van der Waals surface area (Å²) in [7, 11) is 0. The van der Waals surface area contributed by atoms with E-state index in [0.29, 0.717) is 0 Å². The van der Waals surface area contributed by atoms with Gasteiger partial charge in [-0.2, -0.15) is 0 Å². The van der Waals surface area contributed by atoms with Crippen molar-refractivity contribution in [3.63, 3.8) is 0 Å². The Morgan fingerprint density at radius 1 is 0.875 bits per heavy atom. The number of hydrogen-bond donors (Lipinski definition) is 0. The normalized spacial score (nSPS) is 11.4. The number of benzene rings is 1. The molecule has 0 aliphatic heterocycles. The summed E-state index contributed by atoms with van der Waals surface area (Å²) in [5.41, 5.74) is 2.58. The van der Waals surface area contributed by atoms with Gasteiger partial charge in [0.1, 0.15) is 0 Å². The van der Waals surface area contributed by atoms with Crippen molar-refractivity contribution in [1.29, 1.82) is 0 Å². The molecule has 0 aliphatic rings. The van der Waals surface area contributed by atoms with Gasteiger partial charge in [-0.05, 0) is 17.0 Å². The summed E-state index contributed by atoms with van der Waals surface area (Å²) in [6.45, 7) is 6.63. The van der Waals surface area contributed by atoms with Crippen LogP contribution in [0.25, 0.3) is 11.4 Å². The maximum absolute atomic E-state index is 4.23. The Bertz CT molecular complexity index is 452. The lowest BCUT2D eigenvalue weighted by Crippen LogP contribution is -2.10. The largest absolute Gasteiger partial charge is 0.237 e. The summed E-state index contributed by atoms with van der Waals surface area (Å²) in [6.07, 6.45) is 3.53. The zero-order valence-electron chi connectivity index (χ0n) is 9.94. The summed E-state index contributed by atoms with van der Waals surface area (Å²) in [4.78, 5) is 8.46. The van der Waals surface area contributed by atoms with Crippen molar-refractivity contribution in [3.8, 4) is 11.4 Å². The topological polar surface area (TPSA) is 25.8 Å². The molecule has 0 fully saturated rings. The van der Waals surface area contributed by atoms with Gasteiger partial charge < -0.3 is 0 Å². The van der Waals surface area contributed by atoms with E-state index < -0.39 is 0 Å². The van der Waals surface area contributed by atoms with E-state index in [4.69, 9.17) is 0 Å². The molecule has 0 amide bonds. The highest BCUT2D eigenvalue weighted by atomic mass is 14.8. The lowest BCUT2D eigenvalue weighted by Gasteiger charge is -2.18. The molecule has 82 valence electrons. The van der Waals surface area contributed by atoms with Crippen LogP contribution >= 0.6 is 0 Å². The molecular formula is C14H16N2. The van der Waals surface area contributed by atoms with E-state index in [1.54, 1.807) is 12.4 Å². The molecule has 0 saturated carbocycles. The van der Waals surface area contributed by atoms with Crippen LogP contribution in [0.15, 0.2) is 42.7 Å². The van der Waals surface area contributed by atoms with E-state index >= 15 is 0 Å². The molecule has 0 N–H and O–H groups in total. The molecule has 0 bridgehead atoms. The Labute approximate surface area is 96.4 Å². The fourth-order valence-electron chi connectivity index (χ4n) is 1.57. The second-order valence-electron chi connectivity index (χ2n) is 4.90. The highest BCUT2D eigenvalue weighted by molar-refractivity contribution is 5.55. The molecular weight excluding hydrogens is 196 g/mol. The maximum atomic E-state index is 4.23. The van der Waals surface area contributed by atoms with Crippen LogP contribution in [0.2, 0.25) is 0 Å². The zero-order valence-corrected chi connectivity index (χ0v) is 9.94. The first kappa shape index (κ1) is 10.8. The fraction of sp³-hybridized carbons (Fsp3) is 0.286. The van der Waals surface area contributed by atoms with E-state index in [9.17, 15) is 0 Å². The second-order valence-corrected chi connectivity index (χ2v) is 4.90. The molecule has 0 atom stereocenters. The molecule has 16 heavy (non-hydrogen) atoms. The predicted molar refractivity (Wildman–Crippen MR) is 66.2 cm³/mol. The average Bonchev–Trinajstić information content (AvgIpc) is 2.29. The van der Waals surface area contributed by atoms with Gasteiger partial charge in [-0.25, -0.2) is 9.97 Å². The number of rotatable bonds is 1. The molecule has 0 aliphatic carbocycles. The average molecular weight is 212 g/mol. The molecule has 2 aromatic rings. The molecule has 0 radical (unpaired) electrons. The van der Waals surface area contributed by atoms with E-state index in [-0.39, 0.29) is 5.41 Å². The number of nitrogens with zero attached hydrogens (tertiary/aromatic N) is 2. The van der Waals surface area contributed by atoms with Gasteiger partial charge in [-0.1, -0.05) is 45.0 Å². The van der Waals surface area contributed by atoms with Gasteiger partial charge >= 0.3 is 0 Å². The molecule has 1 aromatic heterocycles. The van der Waals surface area contributed by atoms with Crippen LogP contribution in [0.5, 0.6) is 0 Å². The molecule has 1 heterocycles. The van der Waals surface area contributed by atoms with Crippen molar-refractivity contribution in [2.75, 3.05) is 0 Å². The summed E-state index contributed by atoms with van der Waals surface area (Å²) < 4.78 is 0. The summed E-state index contributed by atoms with van der Waals surface area (Å²) in [5.74, 6) is 0.781. The highest BCUT2D eigenvalue weighted by Gasteiger charge is 2.13. The summed E-state index contributed by atoms with van der Waals surface area (Å²) in [5, 5.41) is 0. The smallest absolute Gasteiger partial charge is 0.159 e.